The Kier molecular flexibility index (Phi) is 18.5. The predicted octanol–water partition coefficient (Wildman–Crippen LogP) is 6.75. The van der Waals surface area contributed by atoms with Gasteiger partial charge in [-0.25, -0.2) is 9.36 Å². The number of carbonyl (C=O) groups excluding carboxylic acids is 1. The van der Waals surface area contributed by atoms with Gasteiger partial charge in [-0.15, -0.1) is 0 Å². The topological polar surface area (TPSA) is 133 Å². The van der Waals surface area contributed by atoms with Crippen LogP contribution in [0.25, 0.3) is 0 Å². The maximum atomic E-state index is 12.2. The molecule has 9 heteroatoms. The number of carboxylic acids is 1. The van der Waals surface area contributed by atoms with Crippen LogP contribution in [0.2, 0.25) is 0 Å². The predicted molar refractivity (Wildman–Crippen MR) is 160 cm³/mol. The van der Waals surface area contributed by atoms with Crippen LogP contribution in [0, 0.1) is 0 Å². The van der Waals surface area contributed by atoms with Crippen molar-refractivity contribution in [2.75, 3.05) is 0 Å². The standard InChI is InChI=1S/C31H42NO7P/c1-2-3-4-5-6-7-8-9-10-11-12-13-14-15-16-17-18-19-20-21-30(33)32-29(31(34)35)26-27-22-24-28(25-23-27)39-40(36,37)38/h3-4,6-7,9-10,12-13,15-16,18-19,22-25,29H,2,5,8,11,14,17,20-21,26H2,1H3,(H,32,33)(H,34,35)(H2,36,37,38)/b4-3+,7-6+,10-9+,13-12+,16-15+,19-18+/t29-/m0/s1. The van der Waals surface area contributed by atoms with Crippen molar-refractivity contribution in [1.29, 1.82) is 0 Å². The van der Waals surface area contributed by atoms with Gasteiger partial charge in [-0.3, -0.25) is 14.6 Å². The number of rotatable bonds is 20. The summed E-state index contributed by atoms with van der Waals surface area (Å²) in [6.07, 6.45) is 31.6. The Morgan fingerprint density at radius 3 is 1.68 bits per heavy atom. The van der Waals surface area contributed by atoms with Gasteiger partial charge in [0.25, 0.3) is 0 Å². The summed E-state index contributed by atoms with van der Waals surface area (Å²) in [5, 5.41) is 12.0. The first-order chi connectivity index (χ1) is 19.2. The van der Waals surface area contributed by atoms with E-state index in [9.17, 15) is 19.3 Å². The van der Waals surface area contributed by atoms with E-state index >= 15 is 0 Å². The van der Waals surface area contributed by atoms with E-state index in [2.05, 4.69) is 77.5 Å². The number of phosphoric acid groups is 1. The fourth-order valence-corrected chi connectivity index (χ4v) is 3.78. The summed E-state index contributed by atoms with van der Waals surface area (Å²) in [4.78, 5) is 41.4. The molecule has 0 spiro atoms. The Hall–Kier alpha value is -3.45. The summed E-state index contributed by atoms with van der Waals surface area (Å²) >= 11 is 0. The number of aliphatic carboxylic acids is 1. The van der Waals surface area contributed by atoms with Crippen LogP contribution in [0.4, 0.5) is 0 Å². The highest BCUT2D eigenvalue weighted by atomic mass is 31.2. The summed E-state index contributed by atoms with van der Waals surface area (Å²) in [6, 6.07) is 4.52. The van der Waals surface area contributed by atoms with E-state index in [4.69, 9.17) is 9.79 Å². The Labute approximate surface area is 237 Å². The minimum atomic E-state index is -4.67. The molecule has 0 radical (unpaired) electrons. The maximum absolute atomic E-state index is 12.2. The first-order valence-corrected chi connectivity index (χ1v) is 15.0. The van der Waals surface area contributed by atoms with Crippen molar-refractivity contribution >= 4 is 19.7 Å². The van der Waals surface area contributed by atoms with Gasteiger partial charge < -0.3 is 14.9 Å². The zero-order valence-corrected chi connectivity index (χ0v) is 24.0. The third kappa shape index (κ3) is 19.6. The van der Waals surface area contributed by atoms with Crippen molar-refractivity contribution in [2.24, 2.45) is 0 Å². The molecular weight excluding hydrogens is 529 g/mol. The van der Waals surface area contributed by atoms with Gasteiger partial charge in [-0.2, -0.15) is 0 Å². The second kappa shape index (κ2) is 21.4. The Bertz CT molecular complexity index is 1100. The summed E-state index contributed by atoms with van der Waals surface area (Å²) in [5.41, 5.74) is 0.572. The van der Waals surface area contributed by atoms with E-state index < -0.39 is 19.8 Å². The van der Waals surface area contributed by atoms with E-state index in [-0.39, 0.29) is 24.5 Å². The van der Waals surface area contributed by atoms with Crippen LogP contribution in [0.5, 0.6) is 5.75 Å². The Morgan fingerprint density at radius 1 is 0.800 bits per heavy atom. The molecule has 1 amide bonds. The van der Waals surface area contributed by atoms with Gasteiger partial charge in [0, 0.05) is 12.8 Å². The summed E-state index contributed by atoms with van der Waals surface area (Å²) < 4.78 is 15.3. The number of hydrogen-bond acceptors (Lipinski definition) is 4. The molecule has 0 aliphatic rings. The molecule has 0 aliphatic carbocycles. The molecule has 1 atom stereocenters. The minimum Gasteiger partial charge on any atom is -0.480 e. The minimum absolute atomic E-state index is 0.0250. The van der Waals surface area contributed by atoms with Crippen LogP contribution >= 0.6 is 7.82 Å². The zero-order valence-electron chi connectivity index (χ0n) is 23.1. The van der Waals surface area contributed by atoms with Crippen molar-refractivity contribution < 1.29 is 33.6 Å². The number of nitrogens with one attached hydrogen (secondary N) is 1. The maximum Gasteiger partial charge on any atom is 0.524 e. The summed E-state index contributed by atoms with van der Waals surface area (Å²) in [5.74, 6) is -1.57. The van der Waals surface area contributed by atoms with Crippen LogP contribution in [0.3, 0.4) is 0 Å². The van der Waals surface area contributed by atoms with Gasteiger partial charge >= 0.3 is 13.8 Å². The molecule has 1 aromatic rings. The molecule has 0 fully saturated rings. The molecule has 0 unspecified atom stereocenters. The van der Waals surface area contributed by atoms with Gasteiger partial charge in [0.15, 0.2) is 0 Å². The van der Waals surface area contributed by atoms with E-state index in [1.165, 1.54) is 24.3 Å². The monoisotopic (exact) mass is 571 g/mol. The number of hydrogen-bond donors (Lipinski definition) is 4. The lowest BCUT2D eigenvalue weighted by molar-refractivity contribution is -0.141. The Balaban J connectivity index is 2.22. The lowest BCUT2D eigenvalue weighted by atomic mass is 10.1. The van der Waals surface area contributed by atoms with Crippen LogP contribution in [0.15, 0.2) is 97.2 Å². The largest absolute Gasteiger partial charge is 0.524 e. The molecule has 1 rings (SSSR count). The quantitative estimate of drug-likeness (QED) is 0.101. The average molecular weight is 572 g/mol. The van der Waals surface area contributed by atoms with Crippen molar-refractivity contribution in [3.63, 3.8) is 0 Å². The van der Waals surface area contributed by atoms with E-state index in [0.29, 0.717) is 12.0 Å². The molecule has 0 saturated heterocycles. The molecule has 1 aromatic carbocycles. The number of carbonyl (C=O) groups is 2. The summed E-state index contributed by atoms with van der Waals surface area (Å²) in [6.45, 7) is 2.13. The second-order valence-corrected chi connectivity index (χ2v) is 10.0. The smallest absolute Gasteiger partial charge is 0.480 e. The van der Waals surface area contributed by atoms with Gasteiger partial charge in [0.1, 0.15) is 11.8 Å². The van der Waals surface area contributed by atoms with Crippen molar-refractivity contribution in [3.8, 4) is 5.75 Å². The van der Waals surface area contributed by atoms with Crippen molar-refractivity contribution in [3.05, 3.63) is 103 Å². The van der Waals surface area contributed by atoms with Crippen LogP contribution in [0.1, 0.15) is 63.9 Å². The Morgan fingerprint density at radius 2 is 1.25 bits per heavy atom. The number of phosphoric ester groups is 1. The molecule has 0 aliphatic heterocycles. The lowest BCUT2D eigenvalue weighted by Gasteiger charge is -2.15. The third-order valence-electron chi connectivity index (χ3n) is 5.36. The van der Waals surface area contributed by atoms with Crippen molar-refractivity contribution in [1.82, 2.24) is 5.32 Å². The highest BCUT2D eigenvalue weighted by Crippen LogP contribution is 2.37. The molecule has 8 nitrogen and oxygen atoms in total. The van der Waals surface area contributed by atoms with E-state index in [0.717, 1.165) is 38.5 Å². The van der Waals surface area contributed by atoms with Crippen LogP contribution < -0.4 is 9.84 Å². The highest BCUT2D eigenvalue weighted by molar-refractivity contribution is 7.46. The van der Waals surface area contributed by atoms with E-state index in [1.807, 2.05) is 12.2 Å². The van der Waals surface area contributed by atoms with Crippen molar-refractivity contribution in [2.45, 2.75) is 70.8 Å². The molecule has 0 heterocycles. The van der Waals surface area contributed by atoms with Gasteiger partial charge in [0.2, 0.25) is 5.91 Å². The summed E-state index contributed by atoms with van der Waals surface area (Å²) in [7, 11) is -4.67. The number of allylic oxidation sites excluding steroid dienone is 12. The SMILES string of the molecule is CC/C=C/C/C=C/C/C=C/C/C=C/C/C=C/C/C=C/CCC(=O)N[C@@H](Cc1ccc(OP(=O)(O)O)cc1)C(=O)O. The molecule has 218 valence electrons. The molecule has 0 aromatic heterocycles. The molecule has 40 heavy (non-hydrogen) atoms. The zero-order chi connectivity index (χ0) is 29.5. The molecule has 4 N–H and O–H groups in total. The van der Waals surface area contributed by atoms with Gasteiger partial charge in [0.05, 0.1) is 0 Å². The molecule has 0 bridgehead atoms. The van der Waals surface area contributed by atoms with Crippen LogP contribution in [-0.4, -0.2) is 32.8 Å². The second-order valence-electron chi connectivity index (χ2n) is 8.84. The van der Waals surface area contributed by atoms with E-state index in [1.54, 1.807) is 0 Å². The highest BCUT2D eigenvalue weighted by Gasteiger charge is 2.20. The first kappa shape index (κ1) is 34.6. The van der Waals surface area contributed by atoms with Gasteiger partial charge in [-0.05, 0) is 62.6 Å². The normalized spacial score (nSPS) is 13.5. The van der Waals surface area contributed by atoms with Crippen LogP contribution in [-0.2, 0) is 20.6 Å². The number of benzene rings is 1. The molecular formula is C31H42NO7P. The fraction of sp³-hybridized carbons (Fsp3) is 0.355. The molecule has 0 saturated carbocycles. The number of carboxylic acid groups (broad SMARTS) is 1. The average Bonchev–Trinajstić information content (AvgIpc) is 2.89. The third-order valence-corrected chi connectivity index (χ3v) is 5.80. The number of amides is 1. The van der Waals surface area contributed by atoms with Gasteiger partial charge in [-0.1, -0.05) is 92.0 Å². The lowest BCUT2D eigenvalue weighted by Crippen LogP contribution is -2.42. The first-order valence-electron chi connectivity index (χ1n) is 13.5. The fourth-order valence-electron chi connectivity index (χ4n) is 3.38.